The van der Waals surface area contributed by atoms with Gasteiger partial charge in [-0.15, -0.1) is 0 Å². The van der Waals surface area contributed by atoms with Crippen molar-refractivity contribution in [2.24, 2.45) is 0 Å². The summed E-state index contributed by atoms with van der Waals surface area (Å²) in [7, 11) is 0. The first kappa shape index (κ1) is 17.9. The fraction of sp³-hybridized carbons (Fsp3) is 0.294. The zero-order valence-corrected chi connectivity index (χ0v) is 14.6. The fourth-order valence-electron chi connectivity index (χ4n) is 2.11. The molecule has 2 rings (SSSR count). The lowest BCUT2D eigenvalue weighted by molar-refractivity contribution is -0.115. The van der Waals surface area contributed by atoms with E-state index >= 15 is 0 Å². The second kappa shape index (κ2) is 7.92. The fourth-order valence-corrected chi connectivity index (χ4v) is 3.10. The highest BCUT2D eigenvalue weighted by molar-refractivity contribution is 8.00. The van der Waals surface area contributed by atoms with E-state index in [2.05, 4.69) is 15.3 Å². The largest absolute Gasteiger partial charge is 0.478 e. The zero-order valence-electron chi connectivity index (χ0n) is 13.7. The molecule has 7 heteroatoms. The Morgan fingerprint density at radius 1 is 1.17 bits per heavy atom. The van der Waals surface area contributed by atoms with Crippen molar-refractivity contribution in [3.05, 3.63) is 47.3 Å². The minimum absolute atomic E-state index is 0.159. The van der Waals surface area contributed by atoms with Gasteiger partial charge in [-0.1, -0.05) is 18.7 Å². The third-order valence-corrected chi connectivity index (χ3v) is 4.50. The highest BCUT2D eigenvalue weighted by atomic mass is 32.2. The number of carboxylic acids is 1. The van der Waals surface area contributed by atoms with Crippen molar-refractivity contribution in [3.63, 3.8) is 0 Å². The first-order valence-corrected chi connectivity index (χ1v) is 8.40. The lowest BCUT2D eigenvalue weighted by Gasteiger charge is -2.14. The second-order valence-corrected chi connectivity index (χ2v) is 6.49. The molecule has 0 radical (unpaired) electrons. The predicted octanol–water partition coefficient (Wildman–Crippen LogP) is 3.30. The Labute approximate surface area is 144 Å². The summed E-state index contributed by atoms with van der Waals surface area (Å²) >= 11 is 1.32. The number of carboxylic acid groups (broad SMARTS) is 1. The molecule has 0 aliphatic carbocycles. The number of carbonyl (C=O) groups excluding carboxylic acids is 1. The molecule has 2 N–H and O–H groups in total. The van der Waals surface area contributed by atoms with Crippen molar-refractivity contribution in [2.45, 2.75) is 37.6 Å². The molecule has 0 aliphatic rings. The number of hydrogen-bond donors (Lipinski definition) is 2. The maximum absolute atomic E-state index is 12.4. The third kappa shape index (κ3) is 4.79. The normalized spacial score (nSPS) is 11.8. The van der Waals surface area contributed by atoms with Gasteiger partial charge in [-0.05, 0) is 50.6 Å². The number of nitrogens with one attached hydrogen (secondary N) is 1. The van der Waals surface area contributed by atoms with E-state index in [1.54, 1.807) is 12.1 Å². The molecule has 0 spiro atoms. The highest BCUT2D eigenvalue weighted by Crippen LogP contribution is 2.24. The van der Waals surface area contributed by atoms with Gasteiger partial charge in [0.2, 0.25) is 5.91 Å². The number of benzene rings is 1. The van der Waals surface area contributed by atoms with Crippen LogP contribution in [0.3, 0.4) is 0 Å². The first-order valence-electron chi connectivity index (χ1n) is 7.52. The zero-order chi connectivity index (χ0) is 17.7. The molecule has 0 saturated heterocycles. The standard InChI is InChI=1S/C17H19N3O3S/c1-4-14(24-17-18-10(2)9-11(3)19-17)15(21)20-13-7-5-12(6-8-13)16(22)23/h5-9,14H,4H2,1-3H3,(H,20,21)(H,22,23). The molecular formula is C17H19N3O3S. The molecule has 1 atom stereocenters. The van der Waals surface area contributed by atoms with E-state index in [1.165, 1.54) is 23.9 Å². The molecule has 6 nitrogen and oxygen atoms in total. The Hall–Kier alpha value is -2.41. The molecule has 0 saturated carbocycles. The number of thioether (sulfide) groups is 1. The summed E-state index contributed by atoms with van der Waals surface area (Å²) in [5.41, 5.74) is 2.47. The number of anilines is 1. The average Bonchev–Trinajstić information content (AvgIpc) is 2.52. The average molecular weight is 345 g/mol. The quantitative estimate of drug-likeness (QED) is 0.616. The van der Waals surface area contributed by atoms with Crippen LogP contribution < -0.4 is 5.32 Å². The molecule has 1 amide bonds. The van der Waals surface area contributed by atoms with Crippen molar-refractivity contribution >= 4 is 29.3 Å². The molecule has 1 unspecified atom stereocenters. The molecule has 1 heterocycles. The number of carbonyl (C=O) groups is 2. The van der Waals surface area contributed by atoms with E-state index in [0.29, 0.717) is 17.3 Å². The SMILES string of the molecule is CCC(Sc1nc(C)cc(C)n1)C(=O)Nc1ccc(C(=O)O)cc1. The number of aryl methyl sites for hydroxylation is 2. The van der Waals surface area contributed by atoms with Gasteiger partial charge in [0, 0.05) is 17.1 Å². The van der Waals surface area contributed by atoms with Gasteiger partial charge in [-0.3, -0.25) is 4.79 Å². The van der Waals surface area contributed by atoms with Crippen molar-refractivity contribution in [1.82, 2.24) is 9.97 Å². The van der Waals surface area contributed by atoms with E-state index in [-0.39, 0.29) is 16.7 Å². The van der Waals surface area contributed by atoms with Gasteiger partial charge in [0.25, 0.3) is 0 Å². The van der Waals surface area contributed by atoms with Gasteiger partial charge < -0.3 is 10.4 Å². The van der Waals surface area contributed by atoms with Crippen LogP contribution in [0.4, 0.5) is 5.69 Å². The summed E-state index contributed by atoms with van der Waals surface area (Å²) in [5, 5.41) is 11.9. The summed E-state index contributed by atoms with van der Waals surface area (Å²) in [6.07, 6.45) is 0.625. The van der Waals surface area contributed by atoms with Crippen molar-refractivity contribution in [3.8, 4) is 0 Å². The van der Waals surface area contributed by atoms with Crippen molar-refractivity contribution in [1.29, 1.82) is 0 Å². The van der Waals surface area contributed by atoms with Crippen LogP contribution in [0.15, 0.2) is 35.5 Å². The summed E-state index contributed by atoms with van der Waals surface area (Å²) < 4.78 is 0. The number of rotatable bonds is 6. The number of hydrogen-bond acceptors (Lipinski definition) is 5. The van der Waals surface area contributed by atoms with Gasteiger partial charge in [0.1, 0.15) is 0 Å². The van der Waals surface area contributed by atoms with Gasteiger partial charge in [-0.2, -0.15) is 0 Å². The van der Waals surface area contributed by atoms with Gasteiger partial charge >= 0.3 is 5.97 Å². The smallest absolute Gasteiger partial charge is 0.335 e. The van der Waals surface area contributed by atoms with E-state index in [9.17, 15) is 9.59 Å². The van der Waals surface area contributed by atoms with Crippen LogP contribution >= 0.6 is 11.8 Å². The maximum Gasteiger partial charge on any atom is 0.335 e. The molecule has 0 bridgehead atoms. The summed E-state index contributed by atoms with van der Waals surface area (Å²) in [5.74, 6) is -1.16. The van der Waals surface area contributed by atoms with Crippen molar-refractivity contribution in [2.75, 3.05) is 5.32 Å². The molecule has 0 fully saturated rings. The Balaban J connectivity index is 2.06. The minimum Gasteiger partial charge on any atom is -0.478 e. The monoisotopic (exact) mass is 345 g/mol. The van der Waals surface area contributed by atoms with Gasteiger partial charge in [-0.25, -0.2) is 14.8 Å². The summed E-state index contributed by atoms with van der Waals surface area (Å²) in [6.45, 7) is 5.71. The van der Waals surface area contributed by atoms with Crippen LogP contribution in [0.25, 0.3) is 0 Å². The summed E-state index contributed by atoms with van der Waals surface area (Å²) in [6, 6.07) is 7.95. The lowest BCUT2D eigenvalue weighted by atomic mass is 10.2. The minimum atomic E-state index is -0.998. The van der Waals surface area contributed by atoms with Crippen LogP contribution in [0.5, 0.6) is 0 Å². The Morgan fingerprint density at radius 3 is 2.25 bits per heavy atom. The molecule has 1 aromatic carbocycles. The molecule has 24 heavy (non-hydrogen) atoms. The second-order valence-electron chi connectivity index (χ2n) is 5.32. The number of nitrogens with zero attached hydrogens (tertiary/aromatic N) is 2. The van der Waals surface area contributed by atoms with Crippen LogP contribution in [-0.2, 0) is 4.79 Å². The van der Waals surface area contributed by atoms with E-state index < -0.39 is 5.97 Å². The van der Waals surface area contributed by atoms with Crippen LogP contribution in [0.1, 0.15) is 35.1 Å². The lowest BCUT2D eigenvalue weighted by Crippen LogP contribution is -2.25. The topological polar surface area (TPSA) is 92.2 Å². The molecule has 1 aromatic heterocycles. The van der Waals surface area contributed by atoms with E-state index in [4.69, 9.17) is 5.11 Å². The number of aromatic carboxylic acids is 1. The molecule has 0 aliphatic heterocycles. The van der Waals surface area contributed by atoms with Crippen LogP contribution in [-0.4, -0.2) is 32.2 Å². The molecule has 126 valence electrons. The van der Waals surface area contributed by atoms with Crippen LogP contribution in [0.2, 0.25) is 0 Å². The van der Waals surface area contributed by atoms with E-state index in [0.717, 1.165) is 11.4 Å². The Bertz CT molecular complexity index is 727. The highest BCUT2D eigenvalue weighted by Gasteiger charge is 2.20. The first-order chi connectivity index (χ1) is 11.4. The van der Waals surface area contributed by atoms with Crippen molar-refractivity contribution < 1.29 is 14.7 Å². The predicted molar refractivity (Wildman–Crippen MR) is 93.5 cm³/mol. The number of amides is 1. The maximum atomic E-state index is 12.4. The summed E-state index contributed by atoms with van der Waals surface area (Å²) in [4.78, 5) is 32.0. The van der Waals surface area contributed by atoms with Gasteiger partial charge in [0.05, 0.1) is 10.8 Å². The Kier molecular flexibility index (Phi) is 5.92. The third-order valence-electron chi connectivity index (χ3n) is 3.27. The molecule has 2 aromatic rings. The van der Waals surface area contributed by atoms with Crippen LogP contribution in [0, 0.1) is 13.8 Å². The van der Waals surface area contributed by atoms with E-state index in [1.807, 2.05) is 26.8 Å². The van der Waals surface area contributed by atoms with Gasteiger partial charge in [0.15, 0.2) is 5.16 Å². The Morgan fingerprint density at radius 2 is 1.75 bits per heavy atom. The molecular weight excluding hydrogens is 326 g/mol. The number of aromatic nitrogens is 2.